The van der Waals surface area contributed by atoms with E-state index in [9.17, 15) is 26.0 Å². The van der Waals surface area contributed by atoms with Crippen LogP contribution >= 0.6 is 0 Å². The van der Waals surface area contributed by atoms with Crippen molar-refractivity contribution in [3.63, 3.8) is 0 Å². The summed E-state index contributed by atoms with van der Waals surface area (Å²) in [5, 5.41) is 4.96. The van der Waals surface area contributed by atoms with E-state index in [1.165, 1.54) is 9.80 Å². The number of benzene rings is 2. The van der Waals surface area contributed by atoms with Crippen LogP contribution in [-0.2, 0) is 16.6 Å². The molecule has 1 fully saturated rings. The lowest BCUT2D eigenvalue weighted by Crippen LogP contribution is -2.58. The Morgan fingerprint density at radius 3 is 2.32 bits per heavy atom. The molecule has 1 atom stereocenters. The van der Waals surface area contributed by atoms with E-state index in [1.807, 2.05) is 0 Å². The lowest BCUT2D eigenvalue weighted by atomic mass is 10.1. The molecule has 1 aliphatic rings. The Balaban J connectivity index is 1.83. The van der Waals surface area contributed by atoms with Crippen LogP contribution in [0.4, 0.5) is 23.2 Å². The van der Waals surface area contributed by atoms with Gasteiger partial charge in [0, 0.05) is 26.2 Å². The SMILES string of the molecule is NS(=O)(=O)c1ccc(N2CCN(Cc3ccccc3)C(C(F)(F)F)C2)c(F)c1. The van der Waals surface area contributed by atoms with Gasteiger partial charge in [-0.15, -0.1) is 0 Å². The molecular formula is C18H19F4N3O2S. The summed E-state index contributed by atoms with van der Waals surface area (Å²) < 4.78 is 77.9. The summed E-state index contributed by atoms with van der Waals surface area (Å²) in [5.74, 6) is -0.927. The highest BCUT2D eigenvalue weighted by molar-refractivity contribution is 7.89. The number of alkyl halides is 3. The molecule has 0 spiro atoms. The molecule has 10 heteroatoms. The number of hydrogen-bond donors (Lipinski definition) is 1. The van der Waals surface area contributed by atoms with Crippen molar-refractivity contribution >= 4 is 15.7 Å². The molecule has 28 heavy (non-hydrogen) atoms. The van der Waals surface area contributed by atoms with Gasteiger partial charge < -0.3 is 4.90 Å². The van der Waals surface area contributed by atoms with E-state index in [0.29, 0.717) is 0 Å². The summed E-state index contributed by atoms with van der Waals surface area (Å²) in [6.07, 6.45) is -4.50. The number of halogens is 4. The van der Waals surface area contributed by atoms with Gasteiger partial charge in [0.05, 0.1) is 10.6 Å². The molecule has 0 bridgehead atoms. The zero-order valence-electron chi connectivity index (χ0n) is 14.7. The third kappa shape index (κ3) is 4.62. The monoisotopic (exact) mass is 417 g/mol. The van der Waals surface area contributed by atoms with E-state index in [4.69, 9.17) is 5.14 Å². The second kappa shape index (κ2) is 7.69. The highest BCUT2D eigenvalue weighted by atomic mass is 32.2. The van der Waals surface area contributed by atoms with Gasteiger partial charge in [0.15, 0.2) is 0 Å². The van der Waals surface area contributed by atoms with Crippen molar-refractivity contribution in [1.82, 2.24) is 4.90 Å². The summed E-state index contributed by atoms with van der Waals surface area (Å²) >= 11 is 0. The molecule has 0 radical (unpaired) electrons. The Morgan fingerprint density at radius 2 is 1.75 bits per heavy atom. The maximum Gasteiger partial charge on any atom is 0.405 e. The fourth-order valence-corrected chi connectivity index (χ4v) is 3.80. The average molecular weight is 417 g/mol. The van der Waals surface area contributed by atoms with Crippen molar-refractivity contribution < 1.29 is 26.0 Å². The highest BCUT2D eigenvalue weighted by Gasteiger charge is 2.46. The largest absolute Gasteiger partial charge is 0.405 e. The molecule has 0 amide bonds. The van der Waals surface area contributed by atoms with Gasteiger partial charge in [0.25, 0.3) is 0 Å². The molecule has 1 saturated heterocycles. The van der Waals surface area contributed by atoms with Crippen molar-refractivity contribution in [3.05, 3.63) is 59.9 Å². The van der Waals surface area contributed by atoms with Crippen molar-refractivity contribution in [2.75, 3.05) is 24.5 Å². The van der Waals surface area contributed by atoms with Gasteiger partial charge in [0.1, 0.15) is 11.9 Å². The van der Waals surface area contributed by atoms with Crippen LogP contribution in [0, 0.1) is 5.82 Å². The maximum atomic E-state index is 14.4. The second-order valence-electron chi connectivity index (χ2n) is 6.62. The standard InChI is InChI=1S/C18H19F4N3O2S/c19-15-10-14(28(23,26)27)6-7-16(15)24-8-9-25(17(12-24)18(20,21)22)11-13-4-2-1-3-5-13/h1-7,10,17H,8-9,11-12H2,(H2,23,26,27). The molecule has 2 aromatic carbocycles. The van der Waals surface area contributed by atoms with E-state index in [-0.39, 0.29) is 25.3 Å². The minimum atomic E-state index is -4.50. The molecule has 2 N–H and O–H groups in total. The predicted octanol–water partition coefficient (Wildman–Crippen LogP) is 2.73. The fraction of sp³-hybridized carbons (Fsp3) is 0.333. The molecule has 2 aromatic rings. The Labute approximate surface area is 160 Å². The van der Waals surface area contributed by atoms with Gasteiger partial charge in [-0.25, -0.2) is 17.9 Å². The number of hydrogen-bond acceptors (Lipinski definition) is 4. The van der Waals surface area contributed by atoms with Crippen LogP contribution in [0.15, 0.2) is 53.4 Å². The minimum absolute atomic E-state index is 0.0788. The number of sulfonamides is 1. The first-order valence-corrected chi connectivity index (χ1v) is 10.0. The van der Waals surface area contributed by atoms with Crippen LogP contribution in [0.1, 0.15) is 5.56 Å². The first-order chi connectivity index (χ1) is 13.1. The summed E-state index contributed by atoms with van der Waals surface area (Å²) in [5.41, 5.74) is 0.676. The maximum absolute atomic E-state index is 14.4. The van der Waals surface area contributed by atoms with Crippen LogP contribution in [0.5, 0.6) is 0 Å². The Hall–Kier alpha value is -2.17. The molecule has 0 aliphatic carbocycles. The molecule has 1 heterocycles. The number of primary sulfonamides is 1. The molecule has 152 valence electrons. The third-order valence-electron chi connectivity index (χ3n) is 4.69. The van der Waals surface area contributed by atoms with Gasteiger partial charge >= 0.3 is 6.18 Å². The Bertz CT molecular complexity index is 936. The van der Waals surface area contributed by atoms with E-state index < -0.39 is 39.5 Å². The minimum Gasteiger partial charge on any atom is -0.366 e. The van der Waals surface area contributed by atoms with Crippen molar-refractivity contribution in [2.45, 2.75) is 23.7 Å². The summed E-state index contributed by atoms with van der Waals surface area (Å²) in [6.45, 7) is -0.0752. The van der Waals surface area contributed by atoms with Gasteiger partial charge in [-0.2, -0.15) is 13.2 Å². The quantitative estimate of drug-likeness (QED) is 0.777. The number of piperazine rings is 1. The van der Waals surface area contributed by atoms with Gasteiger partial charge in [-0.05, 0) is 23.8 Å². The van der Waals surface area contributed by atoms with Crippen LogP contribution in [0.3, 0.4) is 0 Å². The number of rotatable bonds is 4. The molecule has 0 aromatic heterocycles. The van der Waals surface area contributed by atoms with Crippen molar-refractivity contribution in [2.24, 2.45) is 5.14 Å². The fourth-order valence-electron chi connectivity index (χ4n) is 3.28. The molecule has 3 rings (SSSR count). The molecule has 1 unspecified atom stereocenters. The smallest absolute Gasteiger partial charge is 0.366 e. The predicted molar refractivity (Wildman–Crippen MR) is 96.7 cm³/mol. The lowest BCUT2D eigenvalue weighted by Gasteiger charge is -2.43. The van der Waals surface area contributed by atoms with E-state index >= 15 is 0 Å². The average Bonchev–Trinajstić information content (AvgIpc) is 2.61. The van der Waals surface area contributed by atoms with E-state index in [1.54, 1.807) is 30.3 Å². The Morgan fingerprint density at radius 1 is 1.07 bits per heavy atom. The van der Waals surface area contributed by atoms with Crippen LogP contribution in [0.25, 0.3) is 0 Å². The highest BCUT2D eigenvalue weighted by Crippen LogP contribution is 2.32. The van der Waals surface area contributed by atoms with Gasteiger partial charge in [0.2, 0.25) is 10.0 Å². The first-order valence-electron chi connectivity index (χ1n) is 8.47. The Kier molecular flexibility index (Phi) is 5.64. The third-order valence-corrected chi connectivity index (χ3v) is 5.60. The van der Waals surface area contributed by atoms with Crippen LogP contribution in [0.2, 0.25) is 0 Å². The van der Waals surface area contributed by atoms with Crippen LogP contribution < -0.4 is 10.0 Å². The normalized spacial score (nSPS) is 19.0. The lowest BCUT2D eigenvalue weighted by molar-refractivity contribution is -0.186. The van der Waals surface area contributed by atoms with E-state index in [2.05, 4.69) is 0 Å². The van der Waals surface area contributed by atoms with Crippen molar-refractivity contribution in [1.29, 1.82) is 0 Å². The molecule has 1 aliphatic heterocycles. The summed E-state index contributed by atoms with van der Waals surface area (Å²) in [4.78, 5) is 2.17. The summed E-state index contributed by atoms with van der Waals surface area (Å²) in [6, 6.07) is 10.0. The number of anilines is 1. The van der Waals surface area contributed by atoms with E-state index in [0.717, 1.165) is 23.8 Å². The molecular weight excluding hydrogens is 398 g/mol. The van der Waals surface area contributed by atoms with Crippen molar-refractivity contribution in [3.8, 4) is 0 Å². The number of nitrogens with two attached hydrogens (primary N) is 1. The zero-order chi connectivity index (χ0) is 20.5. The zero-order valence-corrected chi connectivity index (χ0v) is 15.5. The second-order valence-corrected chi connectivity index (χ2v) is 8.18. The topological polar surface area (TPSA) is 66.6 Å². The number of nitrogens with zero attached hydrogens (tertiary/aromatic N) is 2. The summed E-state index contributed by atoms with van der Waals surface area (Å²) in [7, 11) is -4.10. The first kappa shape index (κ1) is 20.6. The molecule has 5 nitrogen and oxygen atoms in total. The molecule has 0 saturated carbocycles. The van der Waals surface area contributed by atoms with Crippen LogP contribution in [-0.4, -0.2) is 45.2 Å². The van der Waals surface area contributed by atoms with Gasteiger partial charge in [-0.1, -0.05) is 30.3 Å². The van der Waals surface area contributed by atoms with Gasteiger partial charge in [-0.3, -0.25) is 4.90 Å².